The van der Waals surface area contributed by atoms with E-state index in [4.69, 9.17) is 20.4 Å². The van der Waals surface area contributed by atoms with E-state index in [2.05, 4.69) is 30.1 Å². The molecule has 0 aliphatic carbocycles. The standard InChI is InChI=1S/C22H27N9O2/c23-20-25-12-16(13-26-20)17-11-18(28-21(27-17)30-7-9-33-10-8-30)29-22(15-32)4-6-31(14-22)19-3-1-2-5-24-19/h1-3,5,11-13,32H,4,6-10,14-15H2,(H2,23,25,26)(H,27,28,29)/t22-/m0/s1. The number of nitrogens with one attached hydrogen (secondary N) is 1. The third-order valence-electron chi connectivity index (χ3n) is 6.00. The largest absolute Gasteiger partial charge is 0.394 e. The van der Waals surface area contributed by atoms with Crippen molar-refractivity contribution < 1.29 is 9.84 Å². The van der Waals surface area contributed by atoms with E-state index in [1.807, 2.05) is 24.3 Å². The fourth-order valence-electron chi connectivity index (χ4n) is 4.17. The van der Waals surface area contributed by atoms with Crippen LogP contribution in [0.5, 0.6) is 0 Å². The van der Waals surface area contributed by atoms with Crippen molar-refractivity contribution in [3.05, 3.63) is 42.9 Å². The normalized spacial score (nSPS) is 20.8. The number of aliphatic hydroxyl groups excluding tert-OH is 1. The molecule has 0 unspecified atom stereocenters. The first-order valence-corrected chi connectivity index (χ1v) is 11.0. The molecule has 0 radical (unpaired) electrons. The molecule has 2 aliphatic heterocycles. The first-order valence-electron chi connectivity index (χ1n) is 11.0. The van der Waals surface area contributed by atoms with Crippen molar-refractivity contribution in [3.63, 3.8) is 0 Å². The van der Waals surface area contributed by atoms with Crippen LogP contribution in [-0.2, 0) is 4.74 Å². The molecule has 5 heterocycles. The van der Waals surface area contributed by atoms with Crippen molar-refractivity contribution in [2.45, 2.75) is 12.0 Å². The van der Waals surface area contributed by atoms with E-state index < -0.39 is 5.54 Å². The van der Waals surface area contributed by atoms with Gasteiger partial charge in [-0.3, -0.25) is 0 Å². The van der Waals surface area contributed by atoms with Crippen LogP contribution in [0.2, 0.25) is 0 Å². The molecule has 3 aromatic rings. The molecule has 0 aromatic carbocycles. The second-order valence-corrected chi connectivity index (χ2v) is 8.29. The predicted molar refractivity (Wildman–Crippen MR) is 125 cm³/mol. The van der Waals surface area contributed by atoms with E-state index in [-0.39, 0.29) is 12.6 Å². The molecule has 3 aromatic heterocycles. The van der Waals surface area contributed by atoms with Gasteiger partial charge in [0.1, 0.15) is 11.6 Å². The van der Waals surface area contributed by atoms with Gasteiger partial charge >= 0.3 is 0 Å². The van der Waals surface area contributed by atoms with Gasteiger partial charge in [-0.15, -0.1) is 0 Å². The van der Waals surface area contributed by atoms with Gasteiger partial charge in [0.05, 0.1) is 31.1 Å². The zero-order chi connectivity index (χ0) is 22.7. The Bertz CT molecular complexity index is 1080. The summed E-state index contributed by atoms with van der Waals surface area (Å²) in [6, 6.07) is 7.70. The van der Waals surface area contributed by atoms with E-state index in [0.29, 0.717) is 50.3 Å². The van der Waals surface area contributed by atoms with Gasteiger partial charge < -0.3 is 30.7 Å². The fourth-order valence-corrected chi connectivity index (χ4v) is 4.17. The lowest BCUT2D eigenvalue weighted by Crippen LogP contribution is -2.45. The summed E-state index contributed by atoms with van der Waals surface area (Å²) in [6.45, 7) is 4.03. The zero-order valence-corrected chi connectivity index (χ0v) is 18.3. The van der Waals surface area contributed by atoms with Crippen LogP contribution in [0.25, 0.3) is 11.3 Å². The van der Waals surface area contributed by atoms with Crippen LogP contribution in [0.3, 0.4) is 0 Å². The van der Waals surface area contributed by atoms with Crippen LogP contribution in [0.1, 0.15) is 6.42 Å². The fraction of sp³-hybridized carbons (Fsp3) is 0.409. The van der Waals surface area contributed by atoms with Gasteiger partial charge in [-0.1, -0.05) is 6.07 Å². The average molecular weight is 450 g/mol. The number of nitrogen functional groups attached to an aromatic ring is 1. The minimum Gasteiger partial charge on any atom is -0.394 e. The number of pyridine rings is 1. The first-order chi connectivity index (χ1) is 16.1. The quantitative estimate of drug-likeness (QED) is 0.492. The summed E-state index contributed by atoms with van der Waals surface area (Å²) in [5, 5.41) is 13.9. The smallest absolute Gasteiger partial charge is 0.228 e. The summed E-state index contributed by atoms with van der Waals surface area (Å²) in [7, 11) is 0. The molecular weight excluding hydrogens is 422 g/mol. The predicted octanol–water partition coefficient (Wildman–Crippen LogP) is 0.801. The van der Waals surface area contributed by atoms with Crippen molar-refractivity contribution in [2.75, 3.05) is 66.8 Å². The molecule has 172 valence electrons. The Morgan fingerprint density at radius 1 is 1.06 bits per heavy atom. The molecule has 2 aliphatic rings. The molecule has 33 heavy (non-hydrogen) atoms. The summed E-state index contributed by atoms with van der Waals surface area (Å²) in [5.41, 5.74) is 6.53. The molecule has 0 bridgehead atoms. The van der Waals surface area contributed by atoms with Gasteiger partial charge in [-0.05, 0) is 18.6 Å². The maximum Gasteiger partial charge on any atom is 0.228 e. The number of morpholine rings is 1. The van der Waals surface area contributed by atoms with Gasteiger partial charge in [0.25, 0.3) is 0 Å². The number of rotatable bonds is 6. The Morgan fingerprint density at radius 3 is 2.61 bits per heavy atom. The monoisotopic (exact) mass is 449 g/mol. The van der Waals surface area contributed by atoms with Crippen LogP contribution in [0, 0.1) is 0 Å². The van der Waals surface area contributed by atoms with Crippen LogP contribution < -0.4 is 20.9 Å². The summed E-state index contributed by atoms with van der Waals surface area (Å²) in [6.07, 6.45) is 5.83. The number of ether oxygens (including phenoxy) is 1. The van der Waals surface area contributed by atoms with E-state index in [1.54, 1.807) is 18.6 Å². The third-order valence-corrected chi connectivity index (χ3v) is 6.00. The minimum atomic E-state index is -0.553. The summed E-state index contributed by atoms with van der Waals surface area (Å²) in [5.74, 6) is 2.34. The minimum absolute atomic E-state index is 0.0342. The third kappa shape index (κ3) is 4.64. The van der Waals surface area contributed by atoms with Crippen LogP contribution in [0.4, 0.5) is 23.5 Å². The number of hydrogen-bond acceptors (Lipinski definition) is 11. The number of hydrogen-bond donors (Lipinski definition) is 3. The van der Waals surface area contributed by atoms with Crippen LogP contribution in [-0.4, -0.2) is 81.6 Å². The van der Waals surface area contributed by atoms with Crippen molar-refractivity contribution in [2.24, 2.45) is 0 Å². The Hall–Kier alpha value is -3.57. The summed E-state index contributed by atoms with van der Waals surface area (Å²) >= 11 is 0. The molecule has 0 saturated carbocycles. The molecule has 2 saturated heterocycles. The molecule has 5 rings (SSSR count). The van der Waals surface area contributed by atoms with E-state index in [0.717, 1.165) is 24.3 Å². The van der Waals surface area contributed by atoms with Gasteiger partial charge in [0.15, 0.2) is 0 Å². The van der Waals surface area contributed by atoms with E-state index in [1.165, 1.54) is 0 Å². The van der Waals surface area contributed by atoms with Crippen molar-refractivity contribution in [1.82, 2.24) is 24.9 Å². The lowest BCUT2D eigenvalue weighted by atomic mass is 10.00. The Balaban J connectivity index is 1.45. The summed E-state index contributed by atoms with van der Waals surface area (Å²) < 4.78 is 5.48. The maximum atomic E-state index is 10.4. The van der Waals surface area contributed by atoms with Crippen LogP contribution in [0.15, 0.2) is 42.9 Å². The van der Waals surface area contributed by atoms with Gasteiger partial charge in [0.2, 0.25) is 11.9 Å². The second kappa shape index (κ2) is 9.12. The highest BCUT2D eigenvalue weighted by molar-refractivity contribution is 5.64. The van der Waals surface area contributed by atoms with E-state index >= 15 is 0 Å². The van der Waals surface area contributed by atoms with Gasteiger partial charge in [0, 0.05) is 56.4 Å². The zero-order valence-electron chi connectivity index (χ0n) is 18.3. The van der Waals surface area contributed by atoms with Crippen LogP contribution >= 0.6 is 0 Å². The number of aliphatic hydroxyl groups is 1. The Labute approximate surface area is 191 Å². The molecular formula is C22H27N9O2. The lowest BCUT2D eigenvalue weighted by Gasteiger charge is -2.31. The Kier molecular flexibility index (Phi) is 5.88. The SMILES string of the molecule is Nc1ncc(-c2cc(N[C@@]3(CO)CCN(c4ccccn4)C3)nc(N3CCOCC3)n2)cn1. The number of aromatic nitrogens is 5. The topological polar surface area (TPSA) is 138 Å². The molecule has 11 heteroatoms. The molecule has 0 amide bonds. The maximum absolute atomic E-state index is 10.4. The lowest BCUT2D eigenvalue weighted by molar-refractivity contribution is 0.122. The van der Waals surface area contributed by atoms with Crippen molar-refractivity contribution >= 4 is 23.5 Å². The highest BCUT2D eigenvalue weighted by atomic mass is 16.5. The first kappa shape index (κ1) is 21.3. The second-order valence-electron chi connectivity index (χ2n) is 8.29. The van der Waals surface area contributed by atoms with Gasteiger partial charge in [-0.2, -0.15) is 4.98 Å². The van der Waals surface area contributed by atoms with E-state index in [9.17, 15) is 5.11 Å². The average Bonchev–Trinajstić information content (AvgIpc) is 3.30. The van der Waals surface area contributed by atoms with Gasteiger partial charge in [-0.25, -0.2) is 19.9 Å². The molecule has 1 atom stereocenters. The molecule has 4 N–H and O–H groups in total. The highest BCUT2D eigenvalue weighted by Crippen LogP contribution is 2.30. The molecule has 2 fully saturated rings. The highest BCUT2D eigenvalue weighted by Gasteiger charge is 2.39. The number of nitrogens with zero attached hydrogens (tertiary/aromatic N) is 7. The summed E-state index contributed by atoms with van der Waals surface area (Å²) in [4.78, 5) is 26.5. The Morgan fingerprint density at radius 2 is 1.88 bits per heavy atom. The van der Waals surface area contributed by atoms with Crippen molar-refractivity contribution in [3.8, 4) is 11.3 Å². The number of anilines is 4. The molecule has 0 spiro atoms. The number of nitrogens with two attached hydrogens (primary N) is 1. The van der Waals surface area contributed by atoms with Crippen molar-refractivity contribution in [1.29, 1.82) is 0 Å². The molecule has 11 nitrogen and oxygen atoms in total.